The lowest BCUT2D eigenvalue weighted by atomic mass is 9.94. The zero-order valence-electron chi connectivity index (χ0n) is 26.1. The van der Waals surface area contributed by atoms with E-state index < -0.39 is 41.6 Å². The van der Waals surface area contributed by atoms with E-state index in [1.54, 1.807) is 45.2 Å². The first-order valence-corrected chi connectivity index (χ1v) is 15.3. The lowest BCUT2D eigenvalue weighted by Crippen LogP contribution is -2.57. The quantitative estimate of drug-likeness (QED) is 0.141. The SMILES string of the molecule is COc1ccc(CC(NC(=O)C(C)NCC(C=O)N2CCOCC2)C(=O)NC(Cc2ccc(CO)cc2)C(=O)C2(C)CO2)cc1. The molecule has 0 saturated carbocycles. The maximum absolute atomic E-state index is 13.8. The van der Waals surface area contributed by atoms with E-state index in [0.29, 0.717) is 32.1 Å². The Balaban J connectivity index is 1.48. The van der Waals surface area contributed by atoms with E-state index in [4.69, 9.17) is 14.2 Å². The number of aliphatic hydroxyl groups is 1. The van der Waals surface area contributed by atoms with Crippen LogP contribution in [0, 0.1) is 0 Å². The molecule has 12 heteroatoms. The number of carbonyl (C=O) groups is 4. The summed E-state index contributed by atoms with van der Waals surface area (Å²) in [6.45, 7) is 6.14. The van der Waals surface area contributed by atoms with Crippen LogP contribution in [0.4, 0.5) is 0 Å². The minimum absolute atomic E-state index is 0.103. The van der Waals surface area contributed by atoms with Crippen LogP contribution in [0.3, 0.4) is 0 Å². The second-order valence-corrected chi connectivity index (χ2v) is 11.7. The van der Waals surface area contributed by atoms with Gasteiger partial charge in [0.15, 0.2) is 5.78 Å². The summed E-state index contributed by atoms with van der Waals surface area (Å²) >= 11 is 0. The Morgan fingerprint density at radius 1 is 0.956 bits per heavy atom. The predicted octanol–water partition coefficient (Wildman–Crippen LogP) is 0.178. The van der Waals surface area contributed by atoms with E-state index in [0.717, 1.165) is 23.0 Å². The van der Waals surface area contributed by atoms with Crippen molar-refractivity contribution in [1.29, 1.82) is 0 Å². The van der Waals surface area contributed by atoms with Crippen molar-refractivity contribution in [3.8, 4) is 5.75 Å². The second kappa shape index (κ2) is 16.1. The summed E-state index contributed by atoms with van der Waals surface area (Å²) in [5, 5.41) is 18.3. The van der Waals surface area contributed by atoms with E-state index in [2.05, 4.69) is 16.0 Å². The zero-order valence-corrected chi connectivity index (χ0v) is 26.1. The number of aliphatic hydroxyl groups excluding tert-OH is 1. The minimum Gasteiger partial charge on any atom is -0.497 e. The van der Waals surface area contributed by atoms with Gasteiger partial charge in [0.2, 0.25) is 11.8 Å². The molecule has 2 aliphatic heterocycles. The van der Waals surface area contributed by atoms with Crippen LogP contribution in [-0.2, 0) is 48.1 Å². The van der Waals surface area contributed by atoms with Gasteiger partial charge in [-0.2, -0.15) is 0 Å². The third-order valence-corrected chi connectivity index (χ3v) is 8.31. The molecule has 244 valence electrons. The number of nitrogens with zero attached hydrogens (tertiary/aromatic N) is 1. The molecular formula is C33H44N4O8. The molecule has 2 saturated heterocycles. The fourth-order valence-electron chi connectivity index (χ4n) is 5.18. The van der Waals surface area contributed by atoms with Crippen LogP contribution in [0.15, 0.2) is 48.5 Å². The number of ketones is 1. The van der Waals surface area contributed by atoms with E-state index in [1.807, 2.05) is 29.2 Å². The Morgan fingerprint density at radius 2 is 1.51 bits per heavy atom. The van der Waals surface area contributed by atoms with Gasteiger partial charge in [-0.1, -0.05) is 36.4 Å². The van der Waals surface area contributed by atoms with Crippen molar-refractivity contribution in [2.75, 3.05) is 46.6 Å². The van der Waals surface area contributed by atoms with Crippen LogP contribution in [0.25, 0.3) is 0 Å². The number of aldehydes is 1. The van der Waals surface area contributed by atoms with Gasteiger partial charge in [-0.25, -0.2) is 0 Å². The number of methoxy groups -OCH3 is 1. The molecule has 0 aliphatic carbocycles. The number of hydrogen-bond donors (Lipinski definition) is 4. The fraction of sp³-hybridized carbons (Fsp3) is 0.515. The second-order valence-electron chi connectivity index (χ2n) is 11.7. The summed E-state index contributed by atoms with van der Waals surface area (Å²) in [7, 11) is 1.56. The highest BCUT2D eigenvalue weighted by Crippen LogP contribution is 2.29. The molecule has 5 atom stereocenters. The standard InChI is InChI=1S/C33H44N4O8/c1-22(34-18-26(20-39)37-12-14-44-15-13-37)31(41)36-29(17-24-8-10-27(43-3)11-9-24)32(42)35-28(30(40)33(2)21-45-33)16-23-4-6-25(19-38)7-5-23/h4-11,20,22,26,28-29,34,38H,12-19,21H2,1-3H3,(H,35,42)(H,36,41). The molecule has 4 rings (SSSR count). The first-order chi connectivity index (χ1) is 21.6. The first kappa shape index (κ1) is 34.2. The third-order valence-electron chi connectivity index (χ3n) is 8.31. The van der Waals surface area contributed by atoms with Crippen molar-refractivity contribution >= 4 is 23.9 Å². The van der Waals surface area contributed by atoms with Crippen molar-refractivity contribution in [3.63, 3.8) is 0 Å². The van der Waals surface area contributed by atoms with Crippen LogP contribution < -0.4 is 20.7 Å². The summed E-state index contributed by atoms with van der Waals surface area (Å²) in [4.78, 5) is 54.4. The monoisotopic (exact) mass is 624 g/mol. The first-order valence-electron chi connectivity index (χ1n) is 15.3. The van der Waals surface area contributed by atoms with Crippen LogP contribution in [0.1, 0.15) is 30.5 Å². The maximum atomic E-state index is 13.8. The molecule has 2 aliphatic rings. The zero-order chi connectivity index (χ0) is 32.4. The Labute approximate surface area is 263 Å². The minimum atomic E-state index is -1.00. The Morgan fingerprint density at radius 3 is 2.07 bits per heavy atom. The summed E-state index contributed by atoms with van der Waals surface area (Å²) < 4.78 is 16.0. The smallest absolute Gasteiger partial charge is 0.243 e. The Hall–Kier alpha value is -3.68. The van der Waals surface area contributed by atoms with Gasteiger partial charge in [-0.15, -0.1) is 0 Å². The van der Waals surface area contributed by atoms with Gasteiger partial charge in [0, 0.05) is 26.1 Å². The van der Waals surface area contributed by atoms with Gasteiger partial charge in [-0.05, 0) is 49.1 Å². The van der Waals surface area contributed by atoms with Gasteiger partial charge in [-0.3, -0.25) is 19.3 Å². The van der Waals surface area contributed by atoms with Gasteiger partial charge in [0.1, 0.15) is 23.7 Å². The average Bonchev–Trinajstić information content (AvgIpc) is 3.83. The number of Topliss-reactive ketones (excluding diaryl/α,β-unsaturated/α-hetero) is 1. The van der Waals surface area contributed by atoms with E-state index in [-0.39, 0.29) is 38.4 Å². The molecule has 0 aromatic heterocycles. The highest BCUT2D eigenvalue weighted by Gasteiger charge is 2.50. The van der Waals surface area contributed by atoms with Gasteiger partial charge in [0.05, 0.1) is 51.7 Å². The van der Waals surface area contributed by atoms with Gasteiger partial charge in [0.25, 0.3) is 0 Å². The summed E-state index contributed by atoms with van der Waals surface area (Å²) in [5.41, 5.74) is 1.34. The number of amides is 2. The predicted molar refractivity (Wildman–Crippen MR) is 166 cm³/mol. The fourth-order valence-corrected chi connectivity index (χ4v) is 5.18. The molecule has 0 radical (unpaired) electrons. The molecule has 2 heterocycles. The molecule has 12 nitrogen and oxygen atoms in total. The highest BCUT2D eigenvalue weighted by molar-refractivity contribution is 5.98. The largest absolute Gasteiger partial charge is 0.497 e. The molecular weight excluding hydrogens is 580 g/mol. The lowest BCUT2D eigenvalue weighted by Gasteiger charge is -2.32. The van der Waals surface area contributed by atoms with Crippen LogP contribution in [0.2, 0.25) is 0 Å². The van der Waals surface area contributed by atoms with Crippen LogP contribution in [0.5, 0.6) is 5.75 Å². The lowest BCUT2D eigenvalue weighted by molar-refractivity contribution is -0.133. The number of ether oxygens (including phenoxy) is 3. The molecule has 4 N–H and O–H groups in total. The Bertz CT molecular complexity index is 1290. The van der Waals surface area contributed by atoms with Crippen molar-refractivity contribution in [2.45, 2.75) is 63.1 Å². The molecule has 0 spiro atoms. The van der Waals surface area contributed by atoms with Gasteiger partial charge >= 0.3 is 0 Å². The molecule has 2 aromatic rings. The van der Waals surface area contributed by atoms with E-state index >= 15 is 0 Å². The van der Waals surface area contributed by atoms with Crippen molar-refractivity contribution < 1.29 is 38.5 Å². The van der Waals surface area contributed by atoms with Crippen molar-refractivity contribution in [2.24, 2.45) is 0 Å². The highest BCUT2D eigenvalue weighted by atomic mass is 16.6. The number of rotatable bonds is 17. The summed E-state index contributed by atoms with van der Waals surface area (Å²) in [6, 6.07) is 11.3. The Kier molecular flexibility index (Phi) is 12.2. The number of epoxide rings is 1. The van der Waals surface area contributed by atoms with Crippen LogP contribution >= 0.6 is 0 Å². The number of carbonyl (C=O) groups excluding carboxylic acids is 4. The summed E-state index contributed by atoms with van der Waals surface area (Å²) in [5.74, 6) is -0.535. The normalized spacial score (nSPS) is 20.7. The maximum Gasteiger partial charge on any atom is 0.243 e. The number of benzene rings is 2. The van der Waals surface area contributed by atoms with E-state index in [9.17, 15) is 24.3 Å². The topological polar surface area (TPSA) is 159 Å². The van der Waals surface area contributed by atoms with Crippen LogP contribution in [-0.4, -0.2) is 110 Å². The van der Waals surface area contributed by atoms with Gasteiger partial charge < -0.3 is 40.1 Å². The average molecular weight is 625 g/mol. The number of nitrogens with one attached hydrogen (secondary N) is 3. The molecule has 45 heavy (non-hydrogen) atoms. The molecule has 2 amide bonds. The third kappa shape index (κ3) is 9.65. The van der Waals surface area contributed by atoms with Crippen molar-refractivity contribution in [3.05, 3.63) is 65.2 Å². The summed E-state index contributed by atoms with van der Waals surface area (Å²) in [6.07, 6.45) is 1.24. The molecule has 2 fully saturated rings. The van der Waals surface area contributed by atoms with Crippen molar-refractivity contribution in [1.82, 2.24) is 20.9 Å². The number of hydrogen-bond acceptors (Lipinski definition) is 10. The molecule has 0 bridgehead atoms. The number of morpholine rings is 1. The van der Waals surface area contributed by atoms with E-state index in [1.165, 1.54) is 0 Å². The molecule has 5 unspecified atom stereocenters. The molecule has 2 aromatic carbocycles.